The second-order valence-corrected chi connectivity index (χ2v) is 5.73. The molecule has 1 aliphatic rings. The molecule has 0 radical (unpaired) electrons. The summed E-state index contributed by atoms with van der Waals surface area (Å²) in [6.07, 6.45) is 0. The molecule has 0 bridgehead atoms. The molecule has 0 aliphatic carbocycles. The minimum absolute atomic E-state index is 0.0576. The Labute approximate surface area is 131 Å². The number of carbonyl (C=O) groups is 1. The van der Waals surface area contributed by atoms with Crippen LogP contribution < -0.4 is 10.6 Å². The highest BCUT2D eigenvalue weighted by Gasteiger charge is 2.37. The van der Waals surface area contributed by atoms with Gasteiger partial charge in [-0.05, 0) is 0 Å². The number of carbonyl (C=O) groups excluding carboxylic acids is 1. The Hall–Kier alpha value is -1.84. The molecule has 1 aliphatic heterocycles. The van der Waals surface area contributed by atoms with E-state index in [1.807, 2.05) is 30.3 Å². The lowest BCUT2D eigenvalue weighted by molar-refractivity contribution is -0.757. The van der Waals surface area contributed by atoms with Crippen molar-refractivity contribution in [3.8, 4) is 0 Å². The Bertz CT molecular complexity index is 508. The minimum atomic E-state index is -0.897. The van der Waals surface area contributed by atoms with Gasteiger partial charge in [-0.15, -0.1) is 21.9 Å². The van der Waals surface area contributed by atoms with Crippen molar-refractivity contribution < 1.29 is 19.5 Å². The summed E-state index contributed by atoms with van der Waals surface area (Å²) in [5.74, 6) is 0.532. The highest BCUT2D eigenvalue weighted by Crippen LogP contribution is 2.38. The zero-order chi connectivity index (χ0) is 15.8. The quantitative estimate of drug-likeness (QED) is 0.406. The van der Waals surface area contributed by atoms with Crippen LogP contribution in [0.1, 0.15) is 5.56 Å². The van der Waals surface area contributed by atoms with Gasteiger partial charge in [0.15, 0.2) is 5.06 Å². The first kappa shape index (κ1) is 16.5. The van der Waals surface area contributed by atoms with E-state index in [1.54, 1.807) is 11.8 Å². The summed E-state index contributed by atoms with van der Waals surface area (Å²) in [7, 11) is 0. The second kappa shape index (κ2) is 7.97. The molecule has 22 heavy (non-hydrogen) atoms. The summed E-state index contributed by atoms with van der Waals surface area (Å²) in [4.78, 5) is 25.8. The fourth-order valence-corrected chi connectivity index (χ4v) is 3.15. The Kier molecular flexibility index (Phi) is 5.99. The number of rotatable bonds is 8. The summed E-state index contributed by atoms with van der Waals surface area (Å²) < 4.78 is 5.78. The van der Waals surface area contributed by atoms with Crippen LogP contribution in [0.4, 0.5) is 0 Å². The van der Waals surface area contributed by atoms with Crippen LogP contribution in [0.25, 0.3) is 0 Å². The third-order valence-electron chi connectivity index (χ3n) is 2.95. The van der Waals surface area contributed by atoms with Crippen LogP contribution in [-0.4, -0.2) is 43.0 Å². The summed E-state index contributed by atoms with van der Waals surface area (Å²) in [5.41, 5.74) is 0.946. The molecule has 1 aromatic rings. The molecule has 1 amide bonds. The molecular weight excluding hydrogens is 310 g/mol. The number of ether oxygens (including phenoxy) is 1. The van der Waals surface area contributed by atoms with E-state index in [9.17, 15) is 14.9 Å². The molecule has 120 valence electrons. The van der Waals surface area contributed by atoms with Gasteiger partial charge in [-0.25, -0.2) is 0 Å². The standard InChI is InChI=1S/C13H17N3O5S/c17-12(14-6-8-21-16(18)19)10-20-13(15-7-9-22-13)11-4-2-1-3-5-11/h1-5,15H,6-10H2,(H,14,17). The van der Waals surface area contributed by atoms with Crippen LogP contribution in [0.5, 0.6) is 0 Å². The molecule has 8 nitrogen and oxygen atoms in total. The predicted molar refractivity (Wildman–Crippen MR) is 80.5 cm³/mol. The maximum Gasteiger partial charge on any atom is 0.294 e. The van der Waals surface area contributed by atoms with Crippen LogP contribution in [0.2, 0.25) is 0 Å². The number of thioether (sulfide) groups is 1. The lowest BCUT2D eigenvalue weighted by atomic mass is 10.2. The zero-order valence-electron chi connectivity index (χ0n) is 11.8. The van der Waals surface area contributed by atoms with Crippen molar-refractivity contribution in [1.29, 1.82) is 0 Å². The summed E-state index contributed by atoms with van der Waals surface area (Å²) >= 11 is 1.59. The van der Waals surface area contributed by atoms with E-state index in [-0.39, 0.29) is 25.7 Å². The highest BCUT2D eigenvalue weighted by atomic mass is 32.2. The van der Waals surface area contributed by atoms with Crippen molar-refractivity contribution >= 4 is 17.7 Å². The van der Waals surface area contributed by atoms with Gasteiger partial charge < -0.3 is 14.9 Å². The largest absolute Gasteiger partial charge is 0.352 e. The number of amides is 1. The van der Waals surface area contributed by atoms with Crippen LogP contribution >= 0.6 is 11.8 Å². The summed E-state index contributed by atoms with van der Waals surface area (Å²) in [6, 6.07) is 9.62. The molecule has 2 N–H and O–H groups in total. The average Bonchev–Trinajstić information content (AvgIpc) is 3.00. The molecule has 2 rings (SSSR count). The molecule has 0 saturated carbocycles. The van der Waals surface area contributed by atoms with Crippen LogP contribution in [0.3, 0.4) is 0 Å². The van der Waals surface area contributed by atoms with E-state index in [0.717, 1.165) is 17.9 Å². The zero-order valence-corrected chi connectivity index (χ0v) is 12.6. The molecular formula is C13H17N3O5S. The number of hydrogen-bond donors (Lipinski definition) is 2. The van der Waals surface area contributed by atoms with Crippen molar-refractivity contribution in [1.82, 2.24) is 10.6 Å². The number of benzene rings is 1. The Morgan fingerprint density at radius 2 is 2.23 bits per heavy atom. The van der Waals surface area contributed by atoms with Gasteiger partial charge in [0.05, 0.1) is 0 Å². The maximum absolute atomic E-state index is 11.7. The van der Waals surface area contributed by atoms with E-state index in [1.165, 1.54) is 0 Å². The molecule has 0 spiro atoms. The van der Waals surface area contributed by atoms with E-state index in [0.29, 0.717) is 0 Å². The molecule has 1 fully saturated rings. The Morgan fingerprint density at radius 1 is 1.45 bits per heavy atom. The first-order valence-corrected chi connectivity index (χ1v) is 7.73. The van der Waals surface area contributed by atoms with Gasteiger partial charge in [0.25, 0.3) is 5.09 Å². The van der Waals surface area contributed by atoms with Crippen molar-refractivity contribution in [2.24, 2.45) is 0 Å². The minimum Gasteiger partial charge on any atom is -0.352 e. The summed E-state index contributed by atoms with van der Waals surface area (Å²) in [5, 5.41) is 14.1. The molecule has 1 atom stereocenters. The van der Waals surface area contributed by atoms with Crippen molar-refractivity contribution in [3.63, 3.8) is 0 Å². The fourth-order valence-electron chi connectivity index (χ4n) is 2.01. The van der Waals surface area contributed by atoms with E-state index in [4.69, 9.17) is 4.74 Å². The van der Waals surface area contributed by atoms with Gasteiger partial charge in [-0.1, -0.05) is 30.3 Å². The SMILES string of the molecule is O=C(COC1(c2ccccc2)NCCS1)NCCO[N+](=O)[O-]. The van der Waals surface area contributed by atoms with E-state index in [2.05, 4.69) is 15.5 Å². The van der Waals surface area contributed by atoms with Crippen LogP contribution in [-0.2, 0) is 19.4 Å². The van der Waals surface area contributed by atoms with E-state index < -0.39 is 10.1 Å². The maximum atomic E-state index is 11.7. The first-order valence-electron chi connectivity index (χ1n) is 6.75. The van der Waals surface area contributed by atoms with Crippen molar-refractivity contribution in [3.05, 3.63) is 46.0 Å². The fraction of sp³-hybridized carbons (Fsp3) is 0.462. The van der Waals surface area contributed by atoms with Gasteiger partial charge in [0, 0.05) is 24.4 Å². The number of hydrogen-bond acceptors (Lipinski definition) is 7. The van der Waals surface area contributed by atoms with Crippen LogP contribution in [0.15, 0.2) is 30.3 Å². The van der Waals surface area contributed by atoms with Gasteiger partial charge in [-0.3, -0.25) is 10.1 Å². The monoisotopic (exact) mass is 327 g/mol. The van der Waals surface area contributed by atoms with Gasteiger partial charge >= 0.3 is 0 Å². The third kappa shape index (κ3) is 4.58. The van der Waals surface area contributed by atoms with Crippen molar-refractivity contribution in [2.45, 2.75) is 5.06 Å². The Balaban J connectivity index is 1.82. The van der Waals surface area contributed by atoms with Gasteiger partial charge in [0.1, 0.15) is 13.2 Å². The summed E-state index contributed by atoms with van der Waals surface area (Å²) in [6.45, 7) is 0.517. The van der Waals surface area contributed by atoms with Crippen molar-refractivity contribution in [2.75, 3.05) is 32.1 Å². The molecule has 1 heterocycles. The van der Waals surface area contributed by atoms with Gasteiger partial charge in [0.2, 0.25) is 5.91 Å². The average molecular weight is 327 g/mol. The number of nitrogens with zero attached hydrogens (tertiary/aromatic N) is 1. The number of nitrogens with one attached hydrogen (secondary N) is 2. The Morgan fingerprint density at radius 3 is 2.86 bits per heavy atom. The molecule has 1 aromatic carbocycles. The lowest BCUT2D eigenvalue weighted by Gasteiger charge is -2.29. The smallest absolute Gasteiger partial charge is 0.294 e. The molecule has 1 saturated heterocycles. The molecule has 9 heteroatoms. The third-order valence-corrected chi connectivity index (χ3v) is 4.26. The topological polar surface area (TPSA) is 103 Å². The first-order chi connectivity index (χ1) is 10.6. The predicted octanol–water partition coefficient (Wildman–Crippen LogP) is 0.474. The van der Waals surface area contributed by atoms with Gasteiger partial charge in [-0.2, -0.15) is 0 Å². The lowest BCUT2D eigenvalue weighted by Crippen LogP contribution is -2.41. The highest BCUT2D eigenvalue weighted by molar-refractivity contribution is 8.00. The molecule has 1 unspecified atom stereocenters. The van der Waals surface area contributed by atoms with Crippen LogP contribution in [0, 0.1) is 10.1 Å². The normalized spacial score (nSPS) is 20.5. The second-order valence-electron chi connectivity index (χ2n) is 4.45. The van der Waals surface area contributed by atoms with E-state index >= 15 is 0 Å². The molecule has 0 aromatic heterocycles.